The van der Waals surface area contributed by atoms with E-state index in [0.717, 1.165) is 43.8 Å². The Balaban J connectivity index is 1.84. The summed E-state index contributed by atoms with van der Waals surface area (Å²) < 4.78 is 27.0. The Hall–Kier alpha value is -0.700. The number of hydrogen-bond donors (Lipinski definition) is 2. The standard InChI is InChI=1S/C14H26N4O2S2/c1-3-4-7-22(19,20)17-13-5-6-18(9-11(13)2)10-12-8-16-14(15)21-12/h8,11,13,17H,3-7,9-10H2,1-2H3,(H2,15,16). The van der Waals surface area contributed by atoms with Gasteiger partial charge in [0, 0.05) is 36.8 Å². The number of anilines is 1. The van der Waals surface area contributed by atoms with E-state index in [2.05, 4.69) is 21.5 Å². The van der Waals surface area contributed by atoms with Gasteiger partial charge in [-0.05, 0) is 18.8 Å². The topological polar surface area (TPSA) is 88.3 Å². The van der Waals surface area contributed by atoms with Crippen molar-refractivity contribution in [2.45, 2.75) is 45.7 Å². The fraction of sp³-hybridized carbons (Fsp3) is 0.786. The molecule has 126 valence electrons. The van der Waals surface area contributed by atoms with E-state index in [1.165, 1.54) is 11.3 Å². The van der Waals surface area contributed by atoms with Crippen LogP contribution in [-0.2, 0) is 16.6 Å². The average molecular weight is 347 g/mol. The maximum atomic E-state index is 12.0. The van der Waals surface area contributed by atoms with E-state index in [1.54, 1.807) is 0 Å². The summed E-state index contributed by atoms with van der Waals surface area (Å²) in [4.78, 5) is 7.57. The van der Waals surface area contributed by atoms with Gasteiger partial charge >= 0.3 is 0 Å². The van der Waals surface area contributed by atoms with Crippen molar-refractivity contribution in [1.82, 2.24) is 14.6 Å². The number of aromatic nitrogens is 1. The van der Waals surface area contributed by atoms with Crippen LogP contribution in [0.3, 0.4) is 0 Å². The summed E-state index contributed by atoms with van der Waals surface area (Å²) in [6.45, 7) is 6.74. The number of thiazole rings is 1. The van der Waals surface area contributed by atoms with E-state index in [4.69, 9.17) is 5.73 Å². The molecule has 0 saturated carbocycles. The minimum atomic E-state index is -3.14. The van der Waals surface area contributed by atoms with Crippen molar-refractivity contribution in [1.29, 1.82) is 0 Å². The third kappa shape index (κ3) is 5.19. The lowest BCUT2D eigenvalue weighted by Gasteiger charge is -2.36. The highest BCUT2D eigenvalue weighted by Gasteiger charge is 2.29. The van der Waals surface area contributed by atoms with Crippen LogP contribution in [0.2, 0.25) is 0 Å². The Morgan fingerprint density at radius 1 is 1.55 bits per heavy atom. The van der Waals surface area contributed by atoms with Gasteiger partial charge in [-0.25, -0.2) is 18.1 Å². The first-order valence-electron chi connectivity index (χ1n) is 7.82. The van der Waals surface area contributed by atoms with Gasteiger partial charge in [-0.3, -0.25) is 4.90 Å². The molecule has 3 N–H and O–H groups in total. The predicted molar refractivity (Wildman–Crippen MR) is 91.2 cm³/mol. The largest absolute Gasteiger partial charge is 0.375 e. The number of nitrogens with zero attached hydrogens (tertiary/aromatic N) is 2. The maximum absolute atomic E-state index is 12.0. The van der Waals surface area contributed by atoms with E-state index in [0.29, 0.717) is 11.0 Å². The summed E-state index contributed by atoms with van der Waals surface area (Å²) >= 11 is 1.52. The molecule has 1 fully saturated rings. The molecule has 0 bridgehead atoms. The summed E-state index contributed by atoms with van der Waals surface area (Å²) in [5.74, 6) is 0.534. The van der Waals surface area contributed by atoms with Gasteiger partial charge in [0.25, 0.3) is 0 Å². The summed E-state index contributed by atoms with van der Waals surface area (Å²) in [6, 6.07) is 0.0460. The molecule has 0 spiro atoms. The first-order chi connectivity index (χ1) is 10.4. The van der Waals surface area contributed by atoms with Crippen molar-refractivity contribution < 1.29 is 8.42 Å². The van der Waals surface area contributed by atoms with E-state index in [-0.39, 0.29) is 11.8 Å². The van der Waals surface area contributed by atoms with Crippen molar-refractivity contribution in [3.63, 3.8) is 0 Å². The van der Waals surface area contributed by atoms with Crippen LogP contribution in [0, 0.1) is 5.92 Å². The Bertz CT molecular complexity index is 573. The van der Waals surface area contributed by atoms with Gasteiger partial charge in [0.1, 0.15) is 0 Å². The molecule has 0 radical (unpaired) electrons. The molecule has 0 aromatic carbocycles. The van der Waals surface area contributed by atoms with Crippen molar-refractivity contribution in [2.24, 2.45) is 5.92 Å². The third-order valence-electron chi connectivity index (χ3n) is 4.04. The second kappa shape index (κ2) is 7.72. The van der Waals surface area contributed by atoms with Crippen LogP contribution in [-0.4, -0.2) is 43.2 Å². The maximum Gasteiger partial charge on any atom is 0.211 e. The lowest BCUT2D eigenvalue weighted by Crippen LogP contribution is -2.50. The Morgan fingerprint density at radius 3 is 2.91 bits per heavy atom. The number of nitrogens with two attached hydrogens (primary N) is 1. The SMILES string of the molecule is CCCCS(=O)(=O)NC1CCN(Cc2cnc(N)s2)CC1C. The van der Waals surface area contributed by atoms with Crippen LogP contribution in [0.1, 0.15) is 38.0 Å². The molecule has 2 rings (SSSR count). The minimum Gasteiger partial charge on any atom is -0.375 e. The molecule has 6 nitrogen and oxygen atoms in total. The monoisotopic (exact) mass is 346 g/mol. The number of rotatable bonds is 7. The van der Waals surface area contributed by atoms with Crippen LogP contribution in [0.4, 0.5) is 5.13 Å². The summed E-state index contributed by atoms with van der Waals surface area (Å²) in [6.07, 6.45) is 4.28. The molecule has 8 heteroatoms. The number of sulfonamides is 1. The molecule has 1 aromatic rings. The van der Waals surface area contributed by atoms with E-state index in [9.17, 15) is 8.42 Å². The lowest BCUT2D eigenvalue weighted by molar-refractivity contribution is 0.152. The number of nitrogen functional groups attached to an aromatic ring is 1. The fourth-order valence-electron chi connectivity index (χ4n) is 2.79. The van der Waals surface area contributed by atoms with Crippen LogP contribution in [0.5, 0.6) is 0 Å². The Kier molecular flexibility index (Phi) is 6.19. The number of hydrogen-bond acceptors (Lipinski definition) is 6. The summed E-state index contributed by atoms with van der Waals surface area (Å²) in [5.41, 5.74) is 5.65. The average Bonchev–Trinajstić information content (AvgIpc) is 2.85. The molecular weight excluding hydrogens is 320 g/mol. The quantitative estimate of drug-likeness (QED) is 0.784. The van der Waals surface area contributed by atoms with E-state index >= 15 is 0 Å². The van der Waals surface area contributed by atoms with Crippen molar-refractivity contribution >= 4 is 26.5 Å². The van der Waals surface area contributed by atoms with E-state index < -0.39 is 10.0 Å². The van der Waals surface area contributed by atoms with Crippen LogP contribution in [0.15, 0.2) is 6.20 Å². The Labute approximate surface area is 137 Å². The number of piperidine rings is 1. The zero-order valence-electron chi connectivity index (χ0n) is 13.3. The molecule has 0 amide bonds. The predicted octanol–water partition coefficient (Wildman–Crippen LogP) is 1.66. The molecular formula is C14H26N4O2S2. The van der Waals surface area contributed by atoms with Gasteiger partial charge in [0.05, 0.1) is 5.75 Å². The third-order valence-corrected chi connectivity index (χ3v) is 6.34. The second-order valence-corrected chi connectivity index (χ2v) is 9.08. The van der Waals surface area contributed by atoms with Gasteiger partial charge in [0.2, 0.25) is 10.0 Å². The number of nitrogens with one attached hydrogen (secondary N) is 1. The smallest absolute Gasteiger partial charge is 0.211 e. The molecule has 1 aromatic heterocycles. The van der Waals surface area contributed by atoms with Gasteiger partial charge in [0.15, 0.2) is 5.13 Å². The van der Waals surface area contributed by atoms with Gasteiger partial charge in [-0.15, -0.1) is 11.3 Å². The van der Waals surface area contributed by atoms with Gasteiger partial charge in [-0.1, -0.05) is 20.3 Å². The summed E-state index contributed by atoms with van der Waals surface area (Å²) in [7, 11) is -3.14. The van der Waals surface area contributed by atoms with Crippen LogP contribution < -0.4 is 10.5 Å². The van der Waals surface area contributed by atoms with Crippen molar-refractivity contribution in [2.75, 3.05) is 24.6 Å². The lowest BCUT2D eigenvalue weighted by atomic mass is 9.95. The van der Waals surface area contributed by atoms with Crippen molar-refractivity contribution in [3.05, 3.63) is 11.1 Å². The molecule has 2 unspecified atom stereocenters. The van der Waals surface area contributed by atoms with Crippen LogP contribution in [0.25, 0.3) is 0 Å². The zero-order valence-corrected chi connectivity index (χ0v) is 14.9. The zero-order chi connectivity index (χ0) is 16.2. The molecule has 22 heavy (non-hydrogen) atoms. The molecule has 2 atom stereocenters. The first kappa shape index (κ1) is 17.7. The molecule has 2 heterocycles. The number of likely N-dealkylation sites (tertiary alicyclic amines) is 1. The normalized spacial score (nSPS) is 23.7. The summed E-state index contributed by atoms with van der Waals surface area (Å²) in [5, 5.41) is 0.599. The molecule has 1 aliphatic rings. The molecule has 0 aliphatic carbocycles. The van der Waals surface area contributed by atoms with E-state index in [1.807, 2.05) is 13.1 Å². The minimum absolute atomic E-state index is 0.0460. The molecule has 1 aliphatic heterocycles. The fourth-order valence-corrected chi connectivity index (χ4v) is 5.12. The van der Waals surface area contributed by atoms with Crippen LogP contribution >= 0.6 is 11.3 Å². The van der Waals surface area contributed by atoms with Gasteiger partial charge < -0.3 is 5.73 Å². The van der Waals surface area contributed by atoms with Crippen molar-refractivity contribution in [3.8, 4) is 0 Å². The highest BCUT2D eigenvalue weighted by molar-refractivity contribution is 7.89. The highest BCUT2D eigenvalue weighted by atomic mass is 32.2. The Morgan fingerprint density at radius 2 is 2.32 bits per heavy atom. The van der Waals surface area contributed by atoms with Gasteiger partial charge in [-0.2, -0.15) is 0 Å². The molecule has 1 saturated heterocycles. The number of unbranched alkanes of at least 4 members (excludes halogenated alkanes) is 1. The first-order valence-corrected chi connectivity index (χ1v) is 10.3. The second-order valence-electron chi connectivity index (χ2n) is 6.06. The highest BCUT2D eigenvalue weighted by Crippen LogP contribution is 2.22.